The Morgan fingerprint density at radius 3 is 2.48 bits per heavy atom. The molecular formula is C19H24O2. The lowest BCUT2D eigenvalue weighted by molar-refractivity contribution is -0.0553. The first-order chi connectivity index (χ1) is 10.3. The fourth-order valence-electron chi connectivity index (χ4n) is 3.73. The topological polar surface area (TPSA) is 29.5 Å². The van der Waals surface area contributed by atoms with Crippen molar-refractivity contribution in [3.63, 3.8) is 0 Å². The van der Waals surface area contributed by atoms with E-state index in [9.17, 15) is 5.11 Å². The summed E-state index contributed by atoms with van der Waals surface area (Å²) in [7, 11) is 1.73. The summed E-state index contributed by atoms with van der Waals surface area (Å²) in [5.74, 6) is 0.470. The van der Waals surface area contributed by atoms with Crippen molar-refractivity contribution in [3.05, 3.63) is 48.0 Å². The van der Waals surface area contributed by atoms with Crippen LogP contribution in [0.5, 0.6) is 0 Å². The van der Waals surface area contributed by atoms with Crippen LogP contribution >= 0.6 is 0 Å². The molecule has 0 heterocycles. The van der Waals surface area contributed by atoms with E-state index < -0.39 is 6.10 Å². The van der Waals surface area contributed by atoms with Gasteiger partial charge in [0, 0.05) is 7.11 Å². The lowest BCUT2D eigenvalue weighted by Crippen LogP contribution is -2.31. The molecule has 2 atom stereocenters. The maximum atomic E-state index is 10.9. The second kappa shape index (κ2) is 6.59. The fraction of sp³-hybridized carbons (Fsp3) is 0.474. The molecule has 21 heavy (non-hydrogen) atoms. The van der Waals surface area contributed by atoms with Crippen LogP contribution in [0.25, 0.3) is 10.8 Å². The van der Waals surface area contributed by atoms with Gasteiger partial charge in [-0.2, -0.15) is 0 Å². The normalized spacial score (nSPS) is 19.5. The lowest BCUT2D eigenvalue weighted by atomic mass is 9.81. The van der Waals surface area contributed by atoms with Gasteiger partial charge in [0.05, 0.1) is 6.10 Å². The van der Waals surface area contributed by atoms with Gasteiger partial charge in [-0.15, -0.1) is 0 Å². The number of hydrogen-bond donors (Lipinski definition) is 1. The van der Waals surface area contributed by atoms with Crippen molar-refractivity contribution in [3.8, 4) is 0 Å². The Hall–Kier alpha value is -1.38. The van der Waals surface area contributed by atoms with Crippen LogP contribution in [0.2, 0.25) is 0 Å². The van der Waals surface area contributed by atoms with E-state index in [4.69, 9.17) is 4.74 Å². The molecule has 1 aliphatic carbocycles. The largest absolute Gasteiger partial charge is 0.386 e. The molecule has 1 aliphatic rings. The van der Waals surface area contributed by atoms with Gasteiger partial charge in [0.2, 0.25) is 0 Å². The summed E-state index contributed by atoms with van der Waals surface area (Å²) in [6, 6.07) is 14.4. The fourth-order valence-corrected chi connectivity index (χ4v) is 3.73. The molecule has 2 heteroatoms. The average Bonchev–Trinajstić information content (AvgIpc) is 2.56. The quantitative estimate of drug-likeness (QED) is 0.897. The molecule has 0 radical (unpaired) electrons. The van der Waals surface area contributed by atoms with Gasteiger partial charge < -0.3 is 9.84 Å². The second-order valence-corrected chi connectivity index (χ2v) is 6.11. The Bertz CT molecular complexity index is 582. The van der Waals surface area contributed by atoms with Crippen molar-refractivity contribution in [1.29, 1.82) is 0 Å². The lowest BCUT2D eigenvalue weighted by Gasteiger charge is -2.33. The molecule has 0 aromatic heterocycles. The average molecular weight is 284 g/mol. The van der Waals surface area contributed by atoms with E-state index >= 15 is 0 Å². The number of rotatable bonds is 4. The molecule has 2 aromatic rings. The molecular weight excluding hydrogens is 260 g/mol. The van der Waals surface area contributed by atoms with Gasteiger partial charge in [0.25, 0.3) is 0 Å². The summed E-state index contributed by atoms with van der Waals surface area (Å²) in [4.78, 5) is 0. The van der Waals surface area contributed by atoms with Crippen LogP contribution in [0, 0.1) is 5.92 Å². The minimum Gasteiger partial charge on any atom is -0.386 e. The van der Waals surface area contributed by atoms with E-state index in [1.54, 1.807) is 7.11 Å². The molecule has 0 bridgehead atoms. The van der Waals surface area contributed by atoms with E-state index in [2.05, 4.69) is 18.2 Å². The van der Waals surface area contributed by atoms with Gasteiger partial charge in [0.1, 0.15) is 6.10 Å². The number of aliphatic hydroxyl groups is 1. The number of ether oxygens (including phenoxy) is 1. The van der Waals surface area contributed by atoms with Gasteiger partial charge in [-0.1, -0.05) is 61.7 Å². The van der Waals surface area contributed by atoms with Gasteiger partial charge in [-0.25, -0.2) is 0 Å². The van der Waals surface area contributed by atoms with E-state index in [0.29, 0.717) is 5.92 Å². The Morgan fingerprint density at radius 2 is 1.71 bits per heavy atom. The summed E-state index contributed by atoms with van der Waals surface area (Å²) in [5, 5.41) is 13.2. The van der Waals surface area contributed by atoms with E-state index in [1.165, 1.54) is 37.5 Å². The SMILES string of the molecule is COC(C1CCCCC1)C(O)c1cccc2ccccc12. The van der Waals surface area contributed by atoms with Gasteiger partial charge in [-0.05, 0) is 35.1 Å². The van der Waals surface area contributed by atoms with E-state index in [1.807, 2.05) is 24.3 Å². The van der Waals surface area contributed by atoms with E-state index in [-0.39, 0.29) is 6.10 Å². The standard InChI is InChI=1S/C19H24O2/c1-21-19(15-9-3-2-4-10-15)18(20)17-13-7-11-14-8-5-6-12-16(14)17/h5-8,11-13,15,18-20H,2-4,9-10H2,1H3. The molecule has 1 saturated carbocycles. The molecule has 0 saturated heterocycles. The number of fused-ring (bicyclic) bond motifs is 1. The Kier molecular flexibility index (Phi) is 4.57. The summed E-state index contributed by atoms with van der Waals surface area (Å²) < 4.78 is 5.70. The molecule has 3 rings (SSSR count). The van der Waals surface area contributed by atoms with Crippen molar-refractivity contribution in [1.82, 2.24) is 0 Å². The highest BCUT2D eigenvalue weighted by Gasteiger charge is 2.31. The van der Waals surface area contributed by atoms with Crippen LogP contribution < -0.4 is 0 Å². The van der Waals surface area contributed by atoms with Crippen molar-refractivity contribution < 1.29 is 9.84 Å². The predicted molar refractivity (Wildman–Crippen MR) is 86.3 cm³/mol. The third-order valence-corrected chi connectivity index (χ3v) is 4.84. The smallest absolute Gasteiger partial charge is 0.106 e. The highest BCUT2D eigenvalue weighted by Crippen LogP contribution is 2.36. The van der Waals surface area contributed by atoms with Gasteiger partial charge in [0.15, 0.2) is 0 Å². The third kappa shape index (κ3) is 2.97. The van der Waals surface area contributed by atoms with Crippen molar-refractivity contribution >= 4 is 10.8 Å². The zero-order chi connectivity index (χ0) is 14.7. The molecule has 0 spiro atoms. The molecule has 1 fully saturated rings. The highest BCUT2D eigenvalue weighted by molar-refractivity contribution is 5.86. The molecule has 2 unspecified atom stereocenters. The Labute approximate surface area is 126 Å². The van der Waals surface area contributed by atoms with Gasteiger partial charge in [-0.3, -0.25) is 0 Å². The monoisotopic (exact) mass is 284 g/mol. The van der Waals surface area contributed by atoms with Crippen LogP contribution in [0.4, 0.5) is 0 Å². The molecule has 0 amide bonds. The summed E-state index contributed by atoms with van der Waals surface area (Å²) in [5.41, 5.74) is 0.991. The van der Waals surface area contributed by atoms with Crippen LogP contribution in [-0.4, -0.2) is 18.3 Å². The summed E-state index contributed by atoms with van der Waals surface area (Å²) in [6.45, 7) is 0. The molecule has 2 aromatic carbocycles. The maximum Gasteiger partial charge on any atom is 0.106 e. The van der Waals surface area contributed by atoms with E-state index in [0.717, 1.165) is 10.9 Å². The van der Waals surface area contributed by atoms with Gasteiger partial charge >= 0.3 is 0 Å². The number of methoxy groups -OCH3 is 1. The van der Waals surface area contributed by atoms with Crippen molar-refractivity contribution in [2.45, 2.75) is 44.3 Å². The zero-order valence-corrected chi connectivity index (χ0v) is 12.7. The number of hydrogen-bond acceptors (Lipinski definition) is 2. The number of aliphatic hydroxyl groups excluding tert-OH is 1. The first kappa shape index (κ1) is 14.6. The van der Waals surface area contributed by atoms with Crippen molar-refractivity contribution in [2.24, 2.45) is 5.92 Å². The molecule has 2 nitrogen and oxygen atoms in total. The van der Waals surface area contributed by atoms with Crippen LogP contribution in [-0.2, 0) is 4.74 Å². The Morgan fingerprint density at radius 1 is 1.00 bits per heavy atom. The minimum absolute atomic E-state index is 0.101. The third-order valence-electron chi connectivity index (χ3n) is 4.84. The first-order valence-electron chi connectivity index (χ1n) is 8.00. The summed E-state index contributed by atoms with van der Waals surface area (Å²) in [6.07, 6.45) is 5.51. The predicted octanol–water partition coefficient (Wildman–Crippen LogP) is 4.47. The van der Waals surface area contributed by atoms with Crippen LogP contribution in [0.15, 0.2) is 42.5 Å². The second-order valence-electron chi connectivity index (χ2n) is 6.11. The molecule has 112 valence electrons. The number of benzene rings is 2. The highest BCUT2D eigenvalue weighted by atomic mass is 16.5. The molecule has 0 aliphatic heterocycles. The first-order valence-corrected chi connectivity index (χ1v) is 8.00. The van der Waals surface area contributed by atoms with Crippen LogP contribution in [0.3, 0.4) is 0 Å². The Balaban J connectivity index is 1.92. The maximum absolute atomic E-state index is 10.9. The summed E-state index contributed by atoms with van der Waals surface area (Å²) >= 11 is 0. The van der Waals surface area contributed by atoms with Crippen LogP contribution in [0.1, 0.15) is 43.8 Å². The minimum atomic E-state index is -0.552. The molecule has 1 N–H and O–H groups in total. The zero-order valence-electron chi connectivity index (χ0n) is 12.7. The van der Waals surface area contributed by atoms with Crippen molar-refractivity contribution in [2.75, 3.05) is 7.11 Å².